The second kappa shape index (κ2) is 13.8. The molecule has 12 nitrogen and oxygen atoms in total. The van der Waals surface area contributed by atoms with Crippen molar-refractivity contribution in [2.45, 2.75) is 36.4 Å². The molecule has 46 heavy (non-hydrogen) atoms. The first-order chi connectivity index (χ1) is 21.9. The van der Waals surface area contributed by atoms with E-state index in [-0.39, 0.29) is 62.0 Å². The first-order valence-corrected chi connectivity index (χ1v) is 15.5. The molecule has 2 heterocycles. The SMILES string of the molecule is CC(=O)c1cn(CC(=O)N2C[C@H](I)C[C@H]2C(=O)NCc2cccc(Cl)c2F)c2ccc(OC(=O)Oc3ccc([N+](=O)[O-])cc3)cc12. The Bertz CT molecular complexity index is 1870. The van der Waals surface area contributed by atoms with E-state index in [9.17, 15) is 33.7 Å². The van der Waals surface area contributed by atoms with Crippen molar-refractivity contribution in [1.29, 1.82) is 0 Å². The molecule has 1 aliphatic heterocycles. The van der Waals surface area contributed by atoms with E-state index in [4.69, 9.17) is 21.1 Å². The Kier molecular flexibility index (Phi) is 9.86. The number of ketones is 1. The molecule has 0 spiro atoms. The topological polar surface area (TPSA) is 150 Å². The number of carbonyl (C=O) groups excluding carboxylic acids is 4. The van der Waals surface area contributed by atoms with Crippen LogP contribution in [-0.4, -0.2) is 54.7 Å². The van der Waals surface area contributed by atoms with Crippen molar-refractivity contribution in [3.63, 3.8) is 0 Å². The first kappa shape index (κ1) is 32.8. The number of non-ortho nitro benzene ring substituents is 1. The fourth-order valence-electron chi connectivity index (χ4n) is 5.13. The van der Waals surface area contributed by atoms with Crippen LogP contribution in [0.4, 0.5) is 14.9 Å². The van der Waals surface area contributed by atoms with Gasteiger partial charge in [0.05, 0.1) is 9.95 Å². The van der Waals surface area contributed by atoms with Crippen LogP contribution in [-0.2, 0) is 22.7 Å². The van der Waals surface area contributed by atoms with E-state index in [0.717, 1.165) is 0 Å². The summed E-state index contributed by atoms with van der Waals surface area (Å²) >= 11 is 8.02. The van der Waals surface area contributed by atoms with Crippen LogP contribution in [0, 0.1) is 15.9 Å². The Morgan fingerprint density at radius 1 is 1.09 bits per heavy atom. The van der Waals surface area contributed by atoms with Gasteiger partial charge in [-0.3, -0.25) is 24.5 Å². The number of nitrogens with zero attached hydrogens (tertiary/aromatic N) is 3. The predicted octanol–water partition coefficient (Wildman–Crippen LogP) is 5.84. The molecule has 1 aromatic heterocycles. The lowest BCUT2D eigenvalue weighted by atomic mass is 10.1. The maximum atomic E-state index is 14.3. The highest BCUT2D eigenvalue weighted by atomic mass is 127. The number of ether oxygens (including phenoxy) is 2. The summed E-state index contributed by atoms with van der Waals surface area (Å²) in [6.07, 6.45) is 0.841. The number of fused-ring (bicyclic) bond motifs is 1. The van der Waals surface area contributed by atoms with Gasteiger partial charge < -0.3 is 24.3 Å². The van der Waals surface area contributed by atoms with Crippen molar-refractivity contribution in [3.05, 3.63) is 98.9 Å². The highest BCUT2D eigenvalue weighted by Gasteiger charge is 2.38. The molecule has 0 radical (unpaired) electrons. The maximum Gasteiger partial charge on any atom is 0.519 e. The number of amides is 2. The van der Waals surface area contributed by atoms with Gasteiger partial charge in [-0.25, -0.2) is 9.18 Å². The van der Waals surface area contributed by atoms with Gasteiger partial charge in [0.15, 0.2) is 5.78 Å². The third-order valence-corrected chi connectivity index (χ3v) is 8.54. The van der Waals surface area contributed by atoms with Crippen LogP contribution in [0.15, 0.2) is 66.9 Å². The number of hydrogen-bond acceptors (Lipinski definition) is 8. The first-order valence-electron chi connectivity index (χ1n) is 13.8. The van der Waals surface area contributed by atoms with E-state index >= 15 is 0 Å². The molecule has 2 amide bonds. The monoisotopic (exact) mass is 762 g/mol. The molecule has 0 unspecified atom stereocenters. The van der Waals surface area contributed by atoms with Gasteiger partial charge in [0.25, 0.3) is 5.69 Å². The highest BCUT2D eigenvalue weighted by Crippen LogP contribution is 2.29. The zero-order chi connectivity index (χ0) is 33.1. The van der Waals surface area contributed by atoms with Gasteiger partial charge in [0.2, 0.25) is 11.8 Å². The number of aromatic nitrogens is 1. The van der Waals surface area contributed by atoms with E-state index in [1.165, 1.54) is 66.6 Å². The minimum absolute atomic E-state index is 0.0138. The fourth-order valence-corrected chi connectivity index (χ4v) is 6.23. The van der Waals surface area contributed by atoms with Crippen molar-refractivity contribution < 1.29 is 38.0 Å². The summed E-state index contributed by atoms with van der Waals surface area (Å²) in [4.78, 5) is 63.3. The Morgan fingerprint density at radius 2 is 1.78 bits per heavy atom. The second-order valence-corrected chi connectivity index (χ2v) is 12.6. The predicted molar refractivity (Wildman–Crippen MR) is 173 cm³/mol. The largest absolute Gasteiger partial charge is 0.519 e. The third-order valence-electron chi connectivity index (χ3n) is 7.35. The van der Waals surface area contributed by atoms with Crippen LogP contribution < -0.4 is 14.8 Å². The van der Waals surface area contributed by atoms with Gasteiger partial charge in [-0.1, -0.05) is 46.3 Å². The summed E-state index contributed by atoms with van der Waals surface area (Å²) < 4.78 is 26.3. The number of Topliss-reactive ketones (excluding diaryl/α,β-unsaturated/α-hetero) is 1. The van der Waals surface area contributed by atoms with Crippen LogP contribution in [0.2, 0.25) is 5.02 Å². The molecule has 1 saturated heterocycles. The zero-order valence-electron chi connectivity index (χ0n) is 24.1. The number of nitro benzene ring substituents is 1. The van der Waals surface area contributed by atoms with Gasteiger partial charge >= 0.3 is 6.16 Å². The molecular weight excluding hydrogens is 738 g/mol. The normalized spacial score (nSPS) is 15.9. The molecule has 15 heteroatoms. The van der Waals surface area contributed by atoms with Gasteiger partial charge in [-0.2, -0.15) is 0 Å². The minimum Gasteiger partial charge on any atom is -0.395 e. The summed E-state index contributed by atoms with van der Waals surface area (Å²) in [7, 11) is 0. The number of alkyl halides is 1. The van der Waals surface area contributed by atoms with Crippen LogP contribution in [0.1, 0.15) is 29.3 Å². The quantitative estimate of drug-likeness (QED) is 0.0425. The molecule has 0 aliphatic carbocycles. The van der Waals surface area contributed by atoms with Crippen LogP contribution >= 0.6 is 34.2 Å². The molecule has 4 aromatic rings. The van der Waals surface area contributed by atoms with Crippen LogP contribution in [0.3, 0.4) is 0 Å². The third kappa shape index (κ3) is 7.28. The zero-order valence-corrected chi connectivity index (χ0v) is 27.0. The van der Waals surface area contributed by atoms with Crippen molar-refractivity contribution in [3.8, 4) is 11.5 Å². The van der Waals surface area contributed by atoms with Gasteiger partial charge in [-0.15, -0.1) is 0 Å². The number of likely N-dealkylation sites (tertiary alicyclic amines) is 1. The molecule has 1 N–H and O–H groups in total. The number of nitrogens with one attached hydrogen (secondary N) is 1. The lowest BCUT2D eigenvalue weighted by Gasteiger charge is -2.24. The Balaban J connectivity index is 1.29. The lowest BCUT2D eigenvalue weighted by Crippen LogP contribution is -2.46. The number of hydrogen-bond donors (Lipinski definition) is 1. The second-order valence-electron chi connectivity index (χ2n) is 10.4. The van der Waals surface area contributed by atoms with Crippen LogP contribution in [0.25, 0.3) is 10.9 Å². The number of rotatable bonds is 9. The standard InChI is InChI=1S/C31H25ClFIN4O8/c1-17(39)24-15-36(26-10-9-22(12-23(24)26)46-31(42)45-21-7-5-20(6-8-21)38(43)44)16-28(40)37-14-19(34)11-27(37)30(41)35-13-18-3-2-4-25(32)29(18)33/h2-10,12,15,19,27H,11,13-14,16H2,1H3,(H,35,41)/t19-,27+/m1/s1. The molecule has 238 valence electrons. The number of nitro groups is 1. The highest BCUT2D eigenvalue weighted by molar-refractivity contribution is 14.1. The number of carbonyl (C=O) groups is 4. The molecule has 1 aliphatic rings. The van der Waals surface area contributed by atoms with Gasteiger partial charge in [-0.05, 0) is 49.7 Å². The van der Waals surface area contributed by atoms with Crippen molar-refractivity contribution in [2.24, 2.45) is 0 Å². The van der Waals surface area contributed by atoms with E-state index in [1.807, 2.05) is 0 Å². The lowest BCUT2D eigenvalue weighted by molar-refractivity contribution is -0.384. The molecule has 1 fully saturated rings. The summed E-state index contributed by atoms with van der Waals surface area (Å²) in [6, 6.07) is 13.1. The molecule has 5 rings (SSSR count). The summed E-state index contributed by atoms with van der Waals surface area (Å²) in [5.41, 5.74) is 0.843. The summed E-state index contributed by atoms with van der Waals surface area (Å²) in [5, 5.41) is 13.9. The van der Waals surface area contributed by atoms with Crippen molar-refractivity contribution in [1.82, 2.24) is 14.8 Å². The van der Waals surface area contributed by atoms with Crippen LogP contribution in [0.5, 0.6) is 11.5 Å². The molecular formula is C31H25ClFIN4O8. The molecule has 2 atom stereocenters. The number of halogens is 3. The summed E-state index contributed by atoms with van der Waals surface area (Å²) in [6.45, 7) is 1.42. The summed E-state index contributed by atoms with van der Waals surface area (Å²) in [5.74, 6) is -1.59. The average molecular weight is 763 g/mol. The Hall–Kier alpha value is -4.57. The van der Waals surface area contributed by atoms with Crippen molar-refractivity contribution >= 4 is 74.5 Å². The Labute approximate surface area is 279 Å². The maximum absolute atomic E-state index is 14.3. The van der Waals surface area contributed by atoms with Crippen molar-refractivity contribution in [2.75, 3.05) is 6.54 Å². The average Bonchev–Trinajstić information content (AvgIpc) is 3.58. The van der Waals surface area contributed by atoms with E-state index in [0.29, 0.717) is 23.9 Å². The van der Waals surface area contributed by atoms with Gasteiger partial charge in [0.1, 0.15) is 29.9 Å². The van der Waals surface area contributed by atoms with E-state index < -0.39 is 28.8 Å². The minimum atomic E-state index is -1.10. The van der Waals surface area contributed by atoms with E-state index in [1.54, 1.807) is 16.7 Å². The Morgan fingerprint density at radius 3 is 2.48 bits per heavy atom. The van der Waals surface area contributed by atoms with Gasteiger partial charge in [0, 0.05) is 57.4 Å². The molecule has 0 bridgehead atoms. The fraction of sp³-hybridized carbons (Fsp3) is 0.226. The smallest absolute Gasteiger partial charge is 0.395 e. The van der Waals surface area contributed by atoms with E-state index in [2.05, 4.69) is 27.9 Å². The molecule has 3 aromatic carbocycles. The molecule has 0 saturated carbocycles. The number of benzene rings is 3.